The predicted molar refractivity (Wildman–Crippen MR) is 71.6 cm³/mol. The Morgan fingerprint density at radius 1 is 1.10 bits per heavy atom. The van der Waals surface area contributed by atoms with Crippen molar-refractivity contribution in [3.63, 3.8) is 0 Å². The van der Waals surface area contributed by atoms with E-state index in [1.165, 1.54) is 23.1 Å². The molecule has 0 bridgehead atoms. The molecule has 0 unspecified atom stereocenters. The van der Waals surface area contributed by atoms with Crippen LogP contribution in [0.15, 0.2) is 42.5 Å². The van der Waals surface area contributed by atoms with Crippen LogP contribution in [0.4, 0.5) is 20.2 Å². The van der Waals surface area contributed by atoms with Crippen LogP contribution in [0.1, 0.15) is 5.56 Å². The van der Waals surface area contributed by atoms with Gasteiger partial charge in [-0.15, -0.1) is 0 Å². The van der Waals surface area contributed by atoms with Crippen molar-refractivity contribution in [3.8, 4) is 0 Å². The number of nitro groups is 1. The molecular weight excluding hydrogens is 266 g/mol. The zero-order valence-corrected chi connectivity index (χ0v) is 10.7. The lowest BCUT2D eigenvalue weighted by Gasteiger charge is -2.19. The quantitative estimate of drug-likeness (QED) is 0.635. The van der Waals surface area contributed by atoms with Crippen LogP contribution in [0.3, 0.4) is 0 Å². The van der Waals surface area contributed by atoms with Gasteiger partial charge in [0.1, 0.15) is 11.5 Å². The van der Waals surface area contributed by atoms with Gasteiger partial charge in [-0.1, -0.05) is 24.3 Å². The largest absolute Gasteiger partial charge is 0.365 e. The second kappa shape index (κ2) is 5.64. The topological polar surface area (TPSA) is 46.4 Å². The Balaban J connectivity index is 2.35. The van der Waals surface area contributed by atoms with Crippen molar-refractivity contribution in [2.45, 2.75) is 6.54 Å². The van der Waals surface area contributed by atoms with Crippen LogP contribution in [-0.2, 0) is 6.54 Å². The molecule has 2 aromatic rings. The predicted octanol–water partition coefficient (Wildman–Crippen LogP) is 3.51. The van der Waals surface area contributed by atoms with E-state index < -0.39 is 22.2 Å². The highest BCUT2D eigenvalue weighted by Crippen LogP contribution is 2.30. The molecule has 0 amide bonds. The average Bonchev–Trinajstić information content (AvgIpc) is 2.40. The van der Waals surface area contributed by atoms with Crippen molar-refractivity contribution in [1.82, 2.24) is 0 Å². The second-order valence-corrected chi connectivity index (χ2v) is 4.31. The molecule has 0 fully saturated rings. The number of hydrogen-bond acceptors (Lipinski definition) is 3. The molecule has 0 N–H and O–H groups in total. The first-order valence-electron chi connectivity index (χ1n) is 5.88. The van der Waals surface area contributed by atoms with E-state index in [-0.39, 0.29) is 12.2 Å². The minimum absolute atomic E-state index is 0.108. The normalized spacial score (nSPS) is 10.3. The smallest absolute Gasteiger partial charge is 0.327 e. The fourth-order valence-corrected chi connectivity index (χ4v) is 1.96. The summed E-state index contributed by atoms with van der Waals surface area (Å²) in [4.78, 5) is 11.6. The maximum atomic E-state index is 13.6. The molecule has 0 heterocycles. The Morgan fingerprint density at radius 2 is 1.75 bits per heavy atom. The molecule has 0 aromatic heterocycles. The second-order valence-electron chi connectivity index (χ2n) is 4.31. The lowest BCUT2D eigenvalue weighted by molar-refractivity contribution is -0.386. The summed E-state index contributed by atoms with van der Waals surface area (Å²) in [6.07, 6.45) is 0. The molecule has 20 heavy (non-hydrogen) atoms. The summed E-state index contributed by atoms with van der Waals surface area (Å²) in [7, 11) is 1.55. The summed E-state index contributed by atoms with van der Waals surface area (Å²) < 4.78 is 27.1. The molecule has 2 rings (SSSR count). The highest BCUT2D eigenvalue weighted by molar-refractivity contribution is 5.63. The molecule has 0 saturated heterocycles. The minimum atomic E-state index is -0.909. The number of halogens is 2. The van der Waals surface area contributed by atoms with E-state index in [2.05, 4.69) is 0 Å². The van der Waals surface area contributed by atoms with Gasteiger partial charge in [0.05, 0.1) is 4.92 Å². The summed E-state index contributed by atoms with van der Waals surface area (Å²) in [6, 6.07) is 9.96. The van der Waals surface area contributed by atoms with Gasteiger partial charge in [-0.2, -0.15) is 4.39 Å². The number of hydrogen-bond donors (Lipinski definition) is 0. The molecule has 0 aliphatic heterocycles. The maximum absolute atomic E-state index is 13.6. The van der Waals surface area contributed by atoms with Crippen LogP contribution in [0.25, 0.3) is 0 Å². The monoisotopic (exact) mass is 278 g/mol. The molecular formula is C14H12F2N2O2. The van der Waals surface area contributed by atoms with Gasteiger partial charge in [0.15, 0.2) is 0 Å². The summed E-state index contributed by atoms with van der Waals surface area (Å²) >= 11 is 0. The first-order chi connectivity index (χ1) is 9.50. The molecule has 6 heteroatoms. The summed E-state index contributed by atoms with van der Waals surface area (Å²) in [6.45, 7) is 0.108. The third kappa shape index (κ3) is 2.74. The van der Waals surface area contributed by atoms with Crippen LogP contribution >= 0.6 is 0 Å². The highest BCUT2D eigenvalue weighted by Gasteiger charge is 2.22. The fourth-order valence-electron chi connectivity index (χ4n) is 1.96. The van der Waals surface area contributed by atoms with E-state index in [1.54, 1.807) is 25.2 Å². The van der Waals surface area contributed by atoms with Gasteiger partial charge in [-0.25, -0.2) is 4.39 Å². The van der Waals surface area contributed by atoms with E-state index in [0.717, 1.165) is 6.07 Å². The van der Waals surface area contributed by atoms with Crippen LogP contribution in [0.2, 0.25) is 0 Å². The van der Waals surface area contributed by atoms with E-state index >= 15 is 0 Å². The number of benzene rings is 2. The van der Waals surface area contributed by atoms with Gasteiger partial charge in [-0.05, 0) is 18.2 Å². The number of nitrogens with zero attached hydrogens (tertiary/aromatic N) is 2. The maximum Gasteiger partial charge on any atom is 0.327 e. The van der Waals surface area contributed by atoms with Gasteiger partial charge in [0.25, 0.3) is 0 Å². The number of nitro benzene ring substituents is 1. The first kappa shape index (κ1) is 13.9. The molecule has 0 aliphatic rings. The van der Waals surface area contributed by atoms with E-state index in [0.29, 0.717) is 5.56 Å². The zero-order valence-electron chi connectivity index (χ0n) is 10.7. The minimum Gasteiger partial charge on any atom is -0.365 e. The molecule has 0 spiro atoms. The van der Waals surface area contributed by atoms with Crippen LogP contribution in [-0.4, -0.2) is 12.0 Å². The van der Waals surface area contributed by atoms with Crippen molar-refractivity contribution in [1.29, 1.82) is 0 Å². The summed E-state index contributed by atoms with van der Waals surface area (Å²) in [5.74, 6) is -1.31. The highest BCUT2D eigenvalue weighted by atomic mass is 19.1. The van der Waals surface area contributed by atoms with Crippen molar-refractivity contribution in [2.75, 3.05) is 11.9 Å². The molecule has 2 aromatic carbocycles. The van der Waals surface area contributed by atoms with E-state index in [9.17, 15) is 18.9 Å². The standard InChI is InChI=1S/C14H12F2N2O2/c1-17(9-10-5-2-3-6-11(10)15)13-8-4-7-12(16)14(13)18(19)20/h2-8H,9H2,1H3. The third-order valence-electron chi connectivity index (χ3n) is 2.92. The Morgan fingerprint density at radius 3 is 2.40 bits per heavy atom. The summed E-state index contributed by atoms with van der Waals surface area (Å²) in [5.41, 5.74) is -0.113. The van der Waals surface area contributed by atoms with Crippen molar-refractivity contribution in [2.24, 2.45) is 0 Å². The lowest BCUT2D eigenvalue weighted by Crippen LogP contribution is -2.19. The first-order valence-corrected chi connectivity index (χ1v) is 5.88. The molecule has 4 nitrogen and oxygen atoms in total. The fraction of sp³-hybridized carbons (Fsp3) is 0.143. The van der Waals surface area contributed by atoms with Crippen LogP contribution in [0, 0.1) is 21.7 Å². The number of rotatable bonds is 4. The van der Waals surface area contributed by atoms with E-state index in [4.69, 9.17) is 0 Å². The summed E-state index contributed by atoms with van der Waals surface area (Å²) in [5, 5.41) is 10.9. The SMILES string of the molecule is CN(Cc1ccccc1F)c1cccc(F)c1[N+](=O)[O-]. The van der Waals surface area contributed by atoms with Crippen molar-refractivity contribution < 1.29 is 13.7 Å². The third-order valence-corrected chi connectivity index (χ3v) is 2.92. The van der Waals surface area contributed by atoms with Crippen LogP contribution < -0.4 is 4.90 Å². The van der Waals surface area contributed by atoms with Crippen molar-refractivity contribution in [3.05, 3.63) is 69.8 Å². The van der Waals surface area contributed by atoms with Gasteiger partial charge >= 0.3 is 5.69 Å². The van der Waals surface area contributed by atoms with Gasteiger partial charge in [-0.3, -0.25) is 10.1 Å². The molecule has 0 aliphatic carbocycles. The number of para-hydroxylation sites is 1. The van der Waals surface area contributed by atoms with Crippen molar-refractivity contribution >= 4 is 11.4 Å². The Labute approximate surface area is 114 Å². The average molecular weight is 278 g/mol. The van der Waals surface area contributed by atoms with Gasteiger partial charge < -0.3 is 4.90 Å². The molecule has 0 saturated carbocycles. The Bertz CT molecular complexity index is 647. The zero-order chi connectivity index (χ0) is 14.7. The molecule has 0 radical (unpaired) electrons. The molecule has 104 valence electrons. The Kier molecular flexibility index (Phi) is 3.93. The Hall–Kier alpha value is -2.50. The van der Waals surface area contributed by atoms with E-state index in [1.807, 2.05) is 0 Å². The molecule has 0 atom stereocenters. The number of anilines is 1. The van der Waals surface area contributed by atoms with Crippen LogP contribution in [0.5, 0.6) is 0 Å². The van der Waals surface area contributed by atoms with Gasteiger partial charge in [0.2, 0.25) is 5.82 Å². The van der Waals surface area contributed by atoms with Gasteiger partial charge in [0, 0.05) is 19.2 Å². The lowest BCUT2D eigenvalue weighted by atomic mass is 10.1.